The van der Waals surface area contributed by atoms with Crippen LogP contribution in [0.1, 0.15) is 83.6 Å². The summed E-state index contributed by atoms with van der Waals surface area (Å²) in [7, 11) is 0. The molecule has 1 aromatic rings. The maximum atomic E-state index is 13.2. The fourth-order valence-electron chi connectivity index (χ4n) is 7.56. The molecule has 0 spiro atoms. The van der Waals surface area contributed by atoms with Crippen LogP contribution < -0.4 is 0 Å². The molecule has 8 atom stereocenters. The van der Waals surface area contributed by atoms with E-state index in [1.165, 1.54) is 24.1 Å². The van der Waals surface area contributed by atoms with Gasteiger partial charge in [-0.3, -0.25) is 0 Å². The Morgan fingerprint density at radius 3 is 2.55 bits per heavy atom. The first-order chi connectivity index (χ1) is 15.8. The maximum Gasteiger partial charge on any atom is 0.123 e. The van der Waals surface area contributed by atoms with Gasteiger partial charge in [0.1, 0.15) is 5.82 Å². The van der Waals surface area contributed by atoms with Gasteiger partial charge >= 0.3 is 0 Å². The quantitative estimate of drug-likeness (QED) is 0.409. The average molecular weight is 459 g/mol. The second-order valence-corrected chi connectivity index (χ2v) is 11.4. The van der Waals surface area contributed by atoms with Gasteiger partial charge in [-0.25, -0.2) is 4.39 Å². The molecule has 0 heterocycles. The molecule has 4 heteroatoms. The summed E-state index contributed by atoms with van der Waals surface area (Å²) in [5, 5.41) is 32.4. The van der Waals surface area contributed by atoms with Gasteiger partial charge in [0.25, 0.3) is 0 Å². The zero-order valence-corrected chi connectivity index (χ0v) is 20.4. The lowest BCUT2D eigenvalue weighted by Crippen LogP contribution is -2.47. The molecule has 184 valence electrons. The zero-order valence-electron chi connectivity index (χ0n) is 20.4. The highest BCUT2D eigenvalue weighted by Gasteiger charge is 2.56. The van der Waals surface area contributed by atoms with Crippen molar-refractivity contribution in [2.75, 3.05) is 0 Å². The highest BCUT2D eigenvalue weighted by molar-refractivity contribution is 5.18. The summed E-state index contributed by atoms with van der Waals surface area (Å²) < 4.78 is 13.2. The number of hydrogen-bond donors (Lipinski definition) is 3. The second-order valence-electron chi connectivity index (χ2n) is 11.4. The smallest absolute Gasteiger partial charge is 0.123 e. The van der Waals surface area contributed by atoms with E-state index in [2.05, 4.69) is 19.9 Å². The van der Waals surface area contributed by atoms with E-state index in [-0.39, 0.29) is 23.3 Å². The number of benzene rings is 1. The summed E-state index contributed by atoms with van der Waals surface area (Å²) in [4.78, 5) is 0. The third-order valence-corrected chi connectivity index (χ3v) is 9.42. The summed E-state index contributed by atoms with van der Waals surface area (Å²) in [5.41, 5.74) is 2.38. The molecular weight excluding hydrogens is 415 g/mol. The standard InChI is InChI=1S/C29H43FO3/c1-3-4-5-23(31)17-20-8-11-24-21(16-20)14-15-29(2)25(24)12-13-26(29)28(33)27(32)18-19-6-9-22(30)10-7-19/h6-10,21,23-28,31-33H,3-5,11-18H2,1-2H3/t21-,23+,24-,25+,26-,27+,28+,29+/m1/s1. The van der Waals surface area contributed by atoms with Gasteiger partial charge in [0, 0.05) is 6.42 Å². The molecule has 2 fully saturated rings. The SMILES string of the molecule is CCCC[C@H](O)CC1=CC[C@@H]2[C@H](CC[C@]3(C)[C@@H]([C@H](O)[C@@H](O)Cc4ccc(F)cc4)CC[C@@H]23)C1. The van der Waals surface area contributed by atoms with E-state index in [0.29, 0.717) is 24.2 Å². The van der Waals surface area contributed by atoms with Crippen LogP contribution in [-0.2, 0) is 6.42 Å². The van der Waals surface area contributed by atoms with Crippen molar-refractivity contribution in [2.45, 2.75) is 103 Å². The molecule has 0 unspecified atom stereocenters. The van der Waals surface area contributed by atoms with Crippen molar-refractivity contribution in [3.05, 3.63) is 47.3 Å². The molecule has 4 rings (SSSR count). The summed E-state index contributed by atoms with van der Waals surface area (Å²) >= 11 is 0. The number of allylic oxidation sites excluding steroid dienone is 1. The third-order valence-electron chi connectivity index (χ3n) is 9.42. The van der Waals surface area contributed by atoms with Crippen molar-refractivity contribution in [3.63, 3.8) is 0 Å². The molecule has 2 saturated carbocycles. The molecular formula is C29H43FO3. The van der Waals surface area contributed by atoms with Gasteiger partial charge in [-0.15, -0.1) is 0 Å². The van der Waals surface area contributed by atoms with Crippen LogP contribution >= 0.6 is 0 Å². The first-order valence-electron chi connectivity index (χ1n) is 13.3. The number of hydrogen-bond acceptors (Lipinski definition) is 3. The van der Waals surface area contributed by atoms with Crippen molar-refractivity contribution in [1.82, 2.24) is 0 Å². The van der Waals surface area contributed by atoms with E-state index >= 15 is 0 Å². The monoisotopic (exact) mass is 458 g/mol. The van der Waals surface area contributed by atoms with E-state index in [1.807, 2.05) is 0 Å². The molecule has 3 N–H and O–H groups in total. The summed E-state index contributed by atoms with van der Waals surface area (Å²) in [5.74, 6) is 1.78. The maximum absolute atomic E-state index is 13.2. The van der Waals surface area contributed by atoms with Crippen molar-refractivity contribution in [1.29, 1.82) is 0 Å². The van der Waals surface area contributed by atoms with Crippen LogP contribution in [0.5, 0.6) is 0 Å². The molecule has 0 amide bonds. The molecule has 0 bridgehead atoms. The predicted molar refractivity (Wildman–Crippen MR) is 130 cm³/mol. The van der Waals surface area contributed by atoms with Crippen LogP contribution in [0.4, 0.5) is 4.39 Å². The second kappa shape index (κ2) is 10.6. The fourth-order valence-corrected chi connectivity index (χ4v) is 7.56. The van der Waals surface area contributed by atoms with E-state index in [4.69, 9.17) is 0 Å². The van der Waals surface area contributed by atoms with Crippen molar-refractivity contribution < 1.29 is 19.7 Å². The van der Waals surface area contributed by atoms with Gasteiger partial charge in [0.2, 0.25) is 0 Å². The summed E-state index contributed by atoms with van der Waals surface area (Å²) in [6.07, 6.45) is 11.6. The number of rotatable bonds is 9. The Hall–Kier alpha value is -1.23. The normalized spacial score (nSPS) is 34.2. The highest BCUT2D eigenvalue weighted by Crippen LogP contribution is 2.62. The Kier molecular flexibility index (Phi) is 7.98. The lowest BCUT2D eigenvalue weighted by Gasteiger charge is -2.51. The molecule has 3 aliphatic rings. The Bertz CT molecular complexity index is 806. The topological polar surface area (TPSA) is 60.7 Å². The van der Waals surface area contributed by atoms with Gasteiger partial charge in [-0.05, 0) is 98.1 Å². The Morgan fingerprint density at radius 1 is 1.06 bits per heavy atom. The first-order valence-corrected chi connectivity index (χ1v) is 13.3. The minimum Gasteiger partial charge on any atom is -0.393 e. The minimum atomic E-state index is -0.823. The largest absolute Gasteiger partial charge is 0.393 e. The highest BCUT2D eigenvalue weighted by atomic mass is 19.1. The molecule has 0 aromatic heterocycles. The van der Waals surface area contributed by atoms with Gasteiger partial charge in [-0.2, -0.15) is 0 Å². The van der Waals surface area contributed by atoms with E-state index < -0.39 is 12.2 Å². The zero-order chi connectivity index (χ0) is 23.6. The minimum absolute atomic E-state index is 0.0658. The third kappa shape index (κ3) is 5.39. The molecule has 0 aliphatic heterocycles. The van der Waals surface area contributed by atoms with E-state index in [9.17, 15) is 19.7 Å². The average Bonchev–Trinajstić information content (AvgIpc) is 3.16. The first kappa shape index (κ1) is 24.9. The Balaban J connectivity index is 1.38. The van der Waals surface area contributed by atoms with Crippen molar-refractivity contribution in [2.24, 2.45) is 29.1 Å². The lowest BCUT2D eigenvalue weighted by molar-refractivity contribution is -0.0787. The molecule has 3 nitrogen and oxygen atoms in total. The van der Waals surface area contributed by atoms with Crippen LogP contribution in [0, 0.1) is 34.9 Å². The molecule has 0 radical (unpaired) electrons. The number of halogens is 1. The number of aliphatic hydroxyl groups excluding tert-OH is 3. The van der Waals surface area contributed by atoms with Crippen LogP contribution in [0.25, 0.3) is 0 Å². The summed E-state index contributed by atoms with van der Waals surface area (Å²) in [6.45, 7) is 4.52. The van der Waals surface area contributed by atoms with Crippen LogP contribution in [-0.4, -0.2) is 33.6 Å². The van der Waals surface area contributed by atoms with Crippen LogP contribution in [0.3, 0.4) is 0 Å². The predicted octanol–water partition coefficient (Wildman–Crippen LogP) is 5.81. The van der Waals surface area contributed by atoms with Crippen molar-refractivity contribution in [3.8, 4) is 0 Å². The molecule has 3 aliphatic carbocycles. The van der Waals surface area contributed by atoms with Gasteiger partial charge in [0.15, 0.2) is 0 Å². The van der Waals surface area contributed by atoms with Gasteiger partial charge in [-0.1, -0.05) is 50.5 Å². The van der Waals surface area contributed by atoms with Crippen LogP contribution in [0.2, 0.25) is 0 Å². The van der Waals surface area contributed by atoms with Gasteiger partial charge in [0.05, 0.1) is 18.3 Å². The van der Waals surface area contributed by atoms with Crippen molar-refractivity contribution >= 4 is 0 Å². The lowest BCUT2D eigenvalue weighted by atomic mass is 9.54. The number of unbranched alkanes of at least 4 members (excludes halogenated alkanes) is 1. The molecule has 33 heavy (non-hydrogen) atoms. The van der Waals surface area contributed by atoms with Crippen LogP contribution in [0.15, 0.2) is 35.9 Å². The number of aliphatic hydroxyl groups is 3. The Morgan fingerprint density at radius 2 is 1.82 bits per heavy atom. The van der Waals surface area contributed by atoms with E-state index in [0.717, 1.165) is 63.4 Å². The molecule has 1 aromatic carbocycles. The summed E-state index contributed by atoms with van der Waals surface area (Å²) in [6, 6.07) is 6.22. The fraction of sp³-hybridized carbons (Fsp3) is 0.724. The molecule has 0 saturated heterocycles. The number of fused-ring (bicyclic) bond motifs is 3. The Labute approximate surface area is 199 Å². The van der Waals surface area contributed by atoms with Gasteiger partial charge < -0.3 is 15.3 Å². The van der Waals surface area contributed by atoms with E-state index in [1.54, 1.807) is 12.1 Å².